The molecule has 3 atom stereocenters. The van der Waals surface area contributed by atoms with E-state index in [0.29, 0.717) is 24.1 Å². The summed E-state index contributed by atoms with van der Waals surface area (Å²) in [5, 5.41) is 2.94. The van der Waals surface area contributed by atoms with Gasteiger partial charge in [0.15, 0.2) is 0 Å². The van der Waals surface area contributed by atoms with Crippen molar-refractivity contribution in [2.24, 2.45) is 17.3 Å². The molecule has 0 unspecified atom stereocenters. The molecule has 33 heavy (non-hydrogen) atoms. The topological polar surface area (TPSA) is 49.4 Å². The second-order valence-corrected chi connectivity index (χ2v) is 10.8. The molecule has 176 valence electrons. The van der Waals surface area contributed by atoms with E-state index in [1.807, 2.05) is 12.1 Å². The van der Waals surface area contributed by atoms with Crippen LogP contribution >= 0.6 is 15.9 Å². The molecule has 1 aliphatic heterocycles. The van der Waals surface area contributed by atoms with Crippen molar-refractivity contribution < 1.29 is 22.8 Å². The number of amides is 2. The summed E-state index contributed by atoms with van der Waals surface area (Å²) in [5.41, 5.74) is -0.738. The summed E-state index contributed by atoms with van der Waals surface area (Å²) in [6.45, 7) is 6.07. The number of fused-ring (bicyclic) bond motifs is 1. The summed E-state index contributed by atoms with van der Waals surface area (Å²) in [6.07, 6.45) is -3.60. The molecule has 0 radical (unpaired) electrons. The van der Waals surface area contributed by atoms with Crippen LogP contribution in [-0.4, -0.2) is 22.3 Å². The number of nitrogens with zero attached hydrogens (tertiary/aromatic N) is 1. The number of benzene rings is 2. The minimum absolute atomic E-state index is 0.0186. The van der Waals surface area contributed by atoms with Gasteiger partial charge in [-0.1, -0.05) is 41.9 Å². The van der Waals surface area contributed by atoms with E-state index in [-0.39, 0.29) is 35.6 Å². The summed E-state index contributed by atoms with van der Waals surface area (Å²) in [5.74, 6) is -0.0306. The third-order valence-corrected chi connectivity index (χ3v) is 7.94. The van der Waals surface area contributed by atoms with E-state index in [1.165, 1.54) is 12.1 Å². The first-order chi connectivity index (χ1) is 15.3. The van der Waals surface area contributed by atoms with Crippen LogP contribution in [0.4, 0.5) is 18.9 Å². The fraction of sp³-hybridized carbons (Fsp3) is 0.440. The maximum absolute atomic E-state index is 13.6. The number of carbonyl (C=O) groups excluding carboxylic acids is 2. The fourth-order valence-electron chi connectivity index (χ4n) is 5.04. The highest BCUT2D eigenvalue weighted by atomic mass is 79.9. The Balaban J connectivity index is 1.64. The SMILES string of the molecule is CC1(C)[C@@H]2C[C@@](C)(C(=O)Nc3ccc(Br)cc3)N(Cc3ccc(C(F)(F)F)cc3)C(=O)C[C@@H]21. The molecular weight excluding hydrogens is 497 g/mol. The first kappa shape index (κ1) is 23.8. The molecule has 2 amide bonds. The molecule has 2 aromatic rings. The Hall–Kier alpha value is -2.35. The van der Waals surface area contributed by atoms with Gasteiger partial charge in [-0.2, -0.15) is 13.2 Å². The van der Waals surface area contributed by atoms with E-state index in [9.17, 15) is 22.8 Å². The first-order valence-electron chi connectivity index (χ1n) is 10.9. The van der Waals surface area contributed by atoms with Crippen LogP contribution in [0, 0.1) is 17.3 Å². The van der Waals surface area contributed by atoms with Gasteiger partial charge in [-0.05, 0) is 72.6 Å². The van der Waals surface area contributed by atoms with Crippen LogP contribution in [0.5, 0.6) is 0 Å². The number of alkyl halides is 3. The normalized spacial score (nSPS) is 26.4. The van der Waals surface area contributed by atoms with Gasteiger partial charge in [0.2, 0.25) is 11.8 Å². The number of hydrogen-bond acceptors (Lipinski definition) is 2. The van der Waals surface area contributed by atoms with Crippen molar-refractivity contribution in [1.82, 2.24) is 4.90 Å². The van der Waals surface area contributed by atoms with E-state index < -0.39 is 17.3 Å². The molecule has 8 heteroatoms. The second-order valence-electron chi connectivity index (χ2n) is 9.85. The highest BCUT2D eigenvalue weighted by molar-refractivity contribution is 9.10. The first-order valence-corrected chi connectivity index (χ1v) is 11.7. The van der Waals surface area contributed by atoms with Crippen LogP contribution in [0.25, 0.3) is 0 Å². The van der Waals surface area contributed by atoms with Crippen molar-refractivity contribution in [3.8, 4) is 0 Å². The van der Waals surface area contributed by atoms with Crippen molar-refractivity contribution in [2.75, 3.05) is 5.32 Å². The van der Waals surface area contributed by atoms with Crippen LogP contribution in [0.15, 0.2) is 53.0 Å². The number of anilines is 1. The van der Waals surface area contributed by atoms with Gasteiger partial charge in [-0.3, -0.25) is 9.59 Å². The highest BCUT2D eigenvalue weighted by Gasteiger charge is 2.64. The standard InChI is InChI=1S/C25H26BrF3N2O2/c1-23(2)19-12-21(32)31(14-15-4-6-16(7-5-15)25(27,28)29)24(3,13-20(19)23)22(33)30-18-10-8-17(26)9-11-18/h4-11,19-20H,12-14H2,1-3H3,(H,30,33)/t19-,20+,24-/m0/s1. The fourth-order valence-corrected chi connectivity index (χ4v) is 5.30. The molecule has 2 aliphatic rings. The van der Waals surface area contributed by atoms with E-state index in [4.69, 9.17) is 0 Å². The minimum Gasteiger partial charge on any atom is -0.324 e. The number of carbonyl (C=O) groups is 2. The molecule has 1 heterocycles. The van der Waals surface area contributed by atoms with Crippen molar-refractivity contribution in [1.29, 1.82) is 0 Å². The van der Waals surface area contributed by atoms with E-state index in [1.54, 1.807) is 24.0 Å². The maximum Gasteiger partial charge on any atom is 0.416 e. The molecule has 2 aromatic carbocycles. The molecule has 4 nitrogen and oxygen atoms in total. The predicted octanol–water partition coefficient (Wildman–Crippen LogP) is 6.26. The van der Waals surface area contributed by atoms with E-state index in [2.05, 4.69) is 35.1 Å². The number of nitrogens with one attached hydrogen (secondary N) is 1. The molecule has 0 spiro atoms. The Morgan fingerprint density at radius 1 is 1.06 bits per heavy atom. The summed E-state index contributed by atoms with van der Waals surface area (Å²) in [4.78, 5) is 28.5. The molecule has 1 saturated carbocycles. The van der Waals surface area contributed by atoms with Crippen molar-refractivity contribution >= 4 is 33.4 Å². The quantitative estimate of drug-likeness (QED) is 0.515. The van der Waals surface area contributed by atoms with Crippen LogP contribution in [-0.2, 0) is 22.3 Å². The zero-order chi connectivity index (χ0) is 24.2. The predicted molar refractivity (Wildman–Crippen MR) is 123 cm³/mol. The van der Waals surface area contributed by atoms with Crippen molar-refractivity contribution in [3.63, 3.8) is 0 Å². The van der Waals surface area contributed by atoms with Gasteiger partial charge < -0.3 is 10.2 Å². The monoisotopic (exact) mass is 522 g/mol. The van der Waals surface area contributed by atoms with Gasteiger partial charge in [-0.15, -0.1) is 0 Å². The second kappa shape index (κ2) is 8.15. The third kappa shape index (κ3) is 4.54. The Labute approximate surface area is 199 Å². The summed E-state index contributed by atoms with van der Waals surface area (Å²) < 4.78 is 39.7. The molecule has 1 aliphatic carbocycles. The average molecular weight is 523 g/mol. The van der Waals surface area contributed by atoms with Gasteiger partial charge in [0.1, 0.15) is 5.54 Å². The van der Waals surface area contributed by atoms with Gasteiger partial charge in [0, 0.05) is 23.1 Å². The van der Waals surface area contributed by atoms with Crippen LogP contribution < -0.4 is 5.32 Å². The van der Waals surface area contributed by atoms with Crippen LogP contribution in [0.2, 0.25) is 0 Å². The minimum atomic E-state index is -4.43. The van der Waals surface area contributed by atoms with Crippen molar-refractivity contribution in [2.45, 2.75) is 51.9 Å². The zero-order valence-electron chi connectivity index (χ0n) is 18.7. The largest absolute Gasteiger partial charge is 0.416 e. The van der Waals surface area contributed by atoms with Crippen LogP contribution in [0.1, 0.15) is 44.7 Å². The van der Waals surface area contributed by atoms with Gasteiger partial charge in [0.05, 0.1) is 5.56 Å². The lowest BCUT2D eigenvalue weighted by molar-refractivity contribution is -0.145. The Kier molecular flexibility index (Phi) is 5.88. The molecule has 1 N–H and O–H groups in total. The van der Waals surface area contributed by atoms with Gasteiger partial charge >= 0.3 is 6.18 Å². The third-order valence-electron chi connectivity index (χ3n) is 7.41. The van der Waals surface area contributed by atoms with Crippen molar-refractivity contribution in [3.05, 3.63) is 64.1 Å². The number of halogens is 4. The number of hydrogen-bond donors (Lipinski definition) is 1. The van der Waals surface area contributed by atoms with Crippen LogP contribution in [0.3, 0.4) is 0 Å². The summed E-state index contributed by atoms with van der Waals surface area (Å²) in [7, 11) is 0. The average Bonchev–Trinajstić information content (AvgIpc) is 3.28. The highest BCUT2D eigenvalue weighted by Crippen LogP contribution is 2.64. The number of rotatable bonds is 4. The van der Waals surface area contributed by atoms with Gasteiger partial charge in [-0.25, -0.2) is 0 Å². The van der Waals surface area contributed by atoms with Gasteiger partial charge in [0.25, 0.3) is 0 Å². The Bertz CT molecular complexity index is 1070. The lowest BCUT2D eigenvalue weighted by Gasteiger charge is -2.40. The molecule has 0 bridgehead atoms. The molecule has 1 saturated heterocycles. The molecular formula is C25H26BrF3N2O2. The zero-order valence-corrected chi connectivity index (χ0v) is 20.3. The lowest BCUT2D eigenvalue weighted by atomic mass is 9.88. The van der Waals surface area contributed by atoms with E-state index >= 15 is 0 Å². The summed E-state index contributed by atoms with van der Waals surface area (Å²) >= 11 is 3.37. The smallest absolute Gasteiger partial charge is 0.324 e. The Morgan fingerprint density at radius 3 is 2.24 bits per heavy atom. The molecule has 2 fully saturated rings. The molecule has 4 rings (SSSR count). The Morgan fingerprint density at radius 2 is 1.67 bits per heavy atom. The summed E-state index contributed by atoms with van der Waals surface area (Å²) in [6, 6.07) is 11.9. The van der Waals surface area contributed by atoms with E-state index in [0.717, 1.165) is 16.6 Å². The molecule has 0 aromatic heterocycles. The number of likely N-dealkylation sites (tertiary alicyclic amines) is 1. The maximum atomic E-state index is 13.6. The lowest BCUT2D eigenvalue weighted by Crippen LogP contribution is -2.56.